The molecular formula is C11H17NO2. The Labute approximate surface area is 85.3 Å². The fourth-order valence-electron chi connectivity index (χ4n) is 0.944. The summed E-state index contributed by atoms with van der Waals surface area (Å²) in [6.45, 7) is 6.04. The second kappa shape index (κ2) is 7.24. The highest BCUT2D eigenvalue weighted by Crippen LogP contribution is 2.05. The normalized spacial score (nSPS) is 13.1. The molecule has 0 heterocycles. The Morgan fingerprint density at radius 2 is 2.21 bits per heavy atom. The van der Waals surface area contributed by atoms with Gasteiger partial charge in [0.1, 0.15) is 6.29 Å². The van der Waals surface area contributed by atoms with Crippen LogP contribution in [0.5, 0.6) is 0 Å². The summed E-state index contributed by atoms with van der Waals surface area (Å²) >= 11 is 0. The van der Waals surface area contributed by atoms with E-state index in [1.54, 1.807) is 30.4 Å². The van der Waals surface area contributed by atoms with Crippen molar-refractivity contribution in [3.8, 4) is 0 Å². The van der Waals surface area contributed by atoms with Crippen LogP contribution in [0.15, 0.2) is 36.0 Å². The van der Waals surface area contributed by atoms with E-state index in [1.165, 1.54) is 0 Å². The van der Waals surface area contributed by atoms with Crippen LogP contribution < -0.4 is 0 Å². The number of hydrogen-bond donors (Lipinski definition) is 0. The maximum Gasteiger partial charge on any atom is 0.150 e. The van der Waals surface area contributed by atoms with Gasteiger partial charge in [0, 0.05) is 19.2 Å². The molecule has 3 nitrogen and oxygen atoms in total. The molecule has 0 fully saturated rings. The zero-order chi connectivity index (χ0) is 11.0. The molecule has 0 saturated carbocycles. The van der Waals surface area contributed by atoms with Crippen molar-refractivity contribution in [1.29, 1.82) is 0 Å². The molecule has 0 aliphatic carbocycles. The van der Waals surface area contributed by atoms with Gasteiger partial charge in [0.25, 0.3) is 0 Å². The van der Waals surface area contributed by atoms with Gasteiger partial charge in [-0.05, 0) is 12.5 Å². The zero-order valence-corrected chi connectivity index (χ0v) is 8.99. The first-order chi connectivity index (χ1) is 6.65. The van der Waals surface area contributed by atoms with Crippen molar-refractivity contribution >= 4 is 6.29 Å². The van der Waals surface area contributed by atoms with Gasteiger partial charge in [-0.15, -0.1) is 0 Å². The maximum absolute atomic E-state index is 10.7. The monoisotopic (exact) mass is 195 g/mol. The molecule has 78 valence electrons. The van der Waals surface area contributed by atoms with Crippen molar-refractivity contribution in [2.45, 2.75) is 6.92 Å². The SMILES string of the molecule is C=C/C=C\C(C=O)=C(/C)CN(C)OC. The molecule has 0 atom stereocenters. The molecule has 3 heteroatoms. The Bertz CT molecular complexity index is 254. The van der Waals surface area contributed by atoms with E-state index in [0.29, 0.717) is 12.1 Å². The summed E-state index contributed by atoms with van der Waals surface area (Å²) in [5, 5.41) is 1.65. The van der Waals surface area contributed by atoms with Gasteiger partial charge in [-0.2, -0.15) is 5.06 Å². The number of allylic oxidation sites excluding steroid dienone is 4. The van der Waals surface area contributed by atoms with Gasteiger partial charge in [0.05, 0.1) is 7.11 Å². The molecule has 0 bridgehead atoms. The predicted octanol–water partition coefficient (Wildman–Crippen LogP) is 1.74. The largest absolute Gasteiger partial charge is 0.302 e. The molecule has 0 aromatic carbocycles. The summed E-state index contributed by atoms with van der Waals surface area (Å²) in [6.07, 6.45) is 5.94. The van der Waals surface area contributed by atoms with Crippen LogP contribution in [0.2, 0.25) is 0 Å². The molecule has 0 amide bonds. The lowest BCUT2D eigenvalue weighted by Gasteiger charge is -2.14. The lowest BCUT2D eigenvalue weighted by molar-refractivity contribution is -0.105. The van der Waals surface area contributed by atoms with E-state index in [4.69, 9.17) is 4.84 Å². The molecule has 0 radical (unpaired) electrons. The van der Waals surface area contributed by atoms with Gasteiger partial charge in [-0.1, -0.05) is 24.8 Å². The van der Waals surface area contributed by atoms with Crippen molar-refractivity contribution in [3.63, 3.8) is 0 Å². The van der Waals surface area contributed by atoms with Crippen LogP contribution in [0.25, 0.3) is 0 Å². The van der Waals surface area contributed by atoms with Gasteiger partial charge < -0.3 is 4.84 Å². The molecule has 0 N–H and O–H groups in total. The number of aldehydes is 1. The molecule has 0 saturated heterocycles. The number of carbonyl (C=O) groups excluding carboxylic acids is 1. The molecule has 14 heavy (non-hydrogen) atoms. The highest BCUT2D eigenvalue weighted by molar-refractivity contribution is 5.78. The van der Waals surface area contributed by atoms with Crippen molar-refractivity contribution in [3.05, 3.63) is 36.0 Å². The number of nitrogens with zero attached hydrogens (tertiary/aromatic N) is 1. The highest BCUT2D eigenvalue weighted by Gasteiger charge is 2.01. The van der Waals surface area contributed by atoms with Crippen LogP contribution in [-0.2, 0) is 9.63 Å². The lowest BCUT2D eigenvalue weighted by Crippen LogP contribution is -2.19. The van der Waals surface area contributed by atoms with E-state index < -0.39 is 0 Å². The summed E-state index contributed by atoms with van der Waals surface area (Å²) in [4.78, 5) is 15.7. The van der Waals surface area contributed by atoms with E-state index >= 15 is 0 Å². The standard InChI is InChI=1S/C11H17NO2/c1-5-6-7-11(9-13)10(2)8-12(3)14-4/h5-7,9H,1,8H2,2-4H3/b7-6-,11-10-. The fraction of sp³-hybridized carbons (Fsp3) is 0.364. The minimum absolute atomic E-state index is 0.603. The van der Waals surface area contributed by atoms with Crippen LogP contribution in [0.4, 0.5) is 0 Å². The summed E-state index contributed by atoms with van der Waals surface area (Å²) in [7, 11) is 3.40. The van der Waals surface area contributed by atoms with E-state index in [0.717, 1.165) is 11.9 Å². The quantitative estimate of drug-likeness (QED) is 0.280. The van der Waals surface area contributed by atoms with Crippen LogP contribution in [0, 0.1) is 0 Å². The van der Waals surface area contributed by atoms with Crippen LogP contribution >= 0.6 is 0 Å². The molecule has 0 aliphatic rings. The highest BCUT2D eigenvalue weighted by atomic mass is 16.7. The third-order valence-corrected chi connectivity index (χ3v) is 1.80. The molecule has 0 unspecified atom stereocenters. The summed E-state index contributed by atoms with van der Waals surface area (Å²) < 4.78 is 0. The van der Waals surface area contributed by atoms with Crippen molar-refractivity contribution in [1.82, 2.24) is 5.06 Å². The van der Waals surface area contributed by atoms with Gasteiger partial charge in [0.15, 0.2) is 0 Å². The van der Waals surface area contributed by atoms with Crippen molar-refractivity contribution < 1.29 is 9.63 Å². The minimum atomic E-state index is 0.603. The summed E-state index contributed by atoms with van der Waals surface area (Å²) in [6, 6.07) is 0. The molecule has 0 aromatic rings. The third-order valence-electron chi connectivity index (χ3n) is 1.80. The summed E-state index contributed by atoms with van der Waals surface area (Å²) in [5.74, 6) is 0. The first kappa shape index (κ1) is 12.8. The lowest BCUT2D eigenvalue weighted by atomic mass is 10.1. The van der Waals surface area contributed by atoms with Gasteiger partial charge in [0.2, 0.25) is 0 Å². The smallest absolute Gasteiger partial charge is 0.150 e. The first-order valence-electron chi connectivity index (χ1n) is 4.35. The number of likely N-dealkylation sites (N-methyl/N-ethyl adjacent to an activating group) is 1. The maximum atomic E-state index is 10.7. The first-order valence-corrected chi connectivity index (χ1v) is 4.35. The van der Waals surface area contributed by atoms with E-state index in [1.807, 2.05) is 14.0 Å². The van der Waals surface area contributed by atoms with Crippen LogP contribution in [0.3, 0.4) is 0 Å². The second-order valence-corrected chi connectivity index (χ2v) is 2.92. The fourth-order valence-corrected chi connectivity index (χ4v) is 0.944. The number of hydroxylamine groups is 2. The Hall–Kier alpha value is -1.19. The Morgan fingerprint density at radius 3 is 2.64 bits per heavy atom. The van der Waals surface area contributed by atoms with Gasteiger partial charge in [-0.3, -0.25) is 4.79 Å². The zero-order valence-electron chi connectivity index (χ0n) is 8.99. The van der Waals surface area contributed by atoms with Crippen molar-refractivity contribution in [2.75, 3.05) is 20.7 Å². The Balaban J connectivity index is 4.56. The second-order valence-electron chi connectivity index (χ2n) is 2.92. The number of carbonyl (C=O) groups is 1. The van der Waals surface area contributed by atoms with Crippen LogP contribution in [0.1, 0.15) is 6.92 Å². The van der Waals surface area contributed by atoms with E-state index in [2.05, 4.69) is 6.58 Å². The molecule has 0 rings (SSSR count). The Morgan fingerprint density at radius 1 is 1.57 bits per heavy atom. The van der Waals surface area contributed by atoms with E-state index in [-0.39, 0.29) is 0 Å². The van der Waals surface area contributed by atoms with E-state index in [9.17, 15) is 4.79 Å². The Kier molecular flexibility index (Phi) is 6.62. The minimum Gasteiger partial charge on any atom is -0.302 e. The average molecular weight is 195 g/mol. The van der Waals surface area contributed by atoms with Gasteiger partial charge in [-0.25, -0.2) is 0 Å². The topological polar surface area (TPSA) is 29.5 Å². The molecule has 0 spiro atoms. The number of hydrogen-bond acceptors (Lipinski definition) is 3. The average Bonchev–Trinajstić information content (AvgIpc) is 2.18. The molecular weight excluding hydrogens is 178 g/mol. The molecule has 0 aromatic heterocycles. The predicted molar refractivity (Wildman–Crippen MR) is 57.7 cm³/mol. The number of rotatable bonds is 6. The van der Waals surface area contributed by atoms with Crippen LogP contribution in [-0.4, -0.2) is 32.1 Å². The summed E-state index contributed by atoms with van der Waals surface area (Å²) in [5.41, 5.74) is 1.62. The molecule has 0 aliphatic heterocycles. The van der Waals surface area contributed by atoms with Gasteiger partial charge >= 0.3 is 0 Å². The van der Waals surface area contributed by atoms with Crippen molar-refractivity contribution in [2.24, 2.45) is 0 Å². The third kappa shape index (κ3) is 4.74.